The third kappa shape index (κ3) is 5.43. The van der Waals surface area contributed by atoms with Gasteiger partial charge in [-0.05, 0) is 38.3 Å². The van der Waals surface area contributed by atoms with Crippen LogP contribution in [0.25, 0.3) is 0 Å². The molecule has 2 unspecified atom stereocenters. The number of carbonyl (C=O) groups excluding carboxylic acids is 1. The molecule has 3 heteroatoms. The molecule has 0 fully saturated rings. The molecule has 0 bridgehead atoms. The molecular weight excluding hydrogens is 236 g/mol. The summed E-state index contributed by atoms with van der Waals surface area (Å²) < 4.78 is 0. The molecule has 2 N–H and O–H groups in total. The molecule has 1 amide bonds. The van der Waals surface area contributed by atoms with Crippen LogP contribution in [0.4, 0.5) is 0 Å². The number of amides is 1. The molecule has 0 aliphatic carbocycles. The second-order valence-corrected chi connectivity index (χ2v) is 5.16. The Hall–Kier alpha value is -1.35. The Kier molecular flexibility index (Phi) is 6.57. The molecule has 106 valence electrons. The molecule has 2 atom stereocenters. The van der Waals surface area contributed by atoms with Crippen molar-refractivity contribution in [3.05, 3.63) is 35.4 Å². The van der Waals surface area contributed by atoms with Gasteiger partial charge < -0.3 is 10.6 Å². The molecule has 0 saturated heterocycles. The van der Waals surface area contributed by atoms with Crippen LogP contribution in [0.3, 0.4) is 0 Å². The maximum atomic E-state index is 11.6. The molecule has 0 aliphatic rings. The molecule has 19 heavy (non-hydrogen) atoms. The monoisotopic (exact) mass is 262 g/mol. The SMILES string of the molecule is CCC(C)NC(=O)CCNC(C)c1ccccc1C. The minimum atomic E-state index is 0.124. The van der Waals surface area contributed by atoms with E-state index in [0.29, 0.717) is 13.0 Å². The van der Waals surface area contributed by atoms with Crippen LogP contribution in [0.5, 0.6) is 0 Å². The first-order valence-electron chi connectivity index (χ1n) is 7.12. The molecule has 0 saturated carbocycles. The average molecular weight is 262 g/mol. The van der Waals surface area contributed by atoms with Gasteiger partial charge in [0.1, 0.15) is 0 Å². The smallest absolute Gasteiger partial charge is 0.221 e. The van der Waals surface area contributed by atoms with Crippen LogP contribution in [0.1, 0.15) is 50.8 Å². The number of carbonyl (C=O) groups is 1. The number of rotatable bonds is 7. The average Bonchev–Trinajstić information content (AvgIpc) is 2.38. The van der Waals surface area contributed by atoms with E-state index in [1.54, 1.807) is 0 Å². The maximum absolute atomic E-state index is 11.6. The third-order valence-corrected chi connectivity index (χ3v) is 3.48. The molecule has 1 aromatic carbocycles. The molecular formula is C16H26N2O. The summed E-state index contributed by atoms with van der Waals surface area (Å²) in [5.74, 6) is 0.124. The molecule has 0 aromatic heterocycles. The Labute approximate surface area is 116 Å². The van der Waals surface area contributed by atoms with E-state index in [-0.39, 0.29) is 18.0 Å². The zero-order valence-electron chi connectivity index (χ0n) is 12.5. The van der Waals surface area contributed by atoms with Gasteiger partial charge in [0, 0.05) is 25.0 Å². The van der Waals surface area contributed by atoms with E-state index >= 15 is 0 Å². The lowest BCUT2D eigenvalue weighted by Gasteiger charge is -2.17. The molecule has 0 spiro atoms. The van der Waals surface area contributed by atoms with Crippen molar-refractivity contribution in [2.24, 2.45) is 0 Å². The molecule has 0 aliphatic heterocycles. The van der Waals surface area contributed by atoms with Crippen LogP contribution in [-0.2, 0) is 4.79 Å². The highest BCUT2D eigenvalue weighted by atomic mass is 16.1. The Morgan fingerprint density at radius 2 is 1.95 bits per heavy atom. The summed E-state index contributed by atoms with van der Waals surface area (Å²) in [5, 5.41) is 6.38. The molecule has 1 aromatic rings. The summed E-state index contributed by atoms with van der Waals surface area (Å²) >= 11 is 0. The van der Waals surface area contributed by atoms with E-state index in [2.05, 4.69) is 49.6 Å². The molecule has 3 nitrogen and oxygen atoms in total. The zero-order chi connectivity index (χ0) is 14.3. The highest BCUT2D eigenvalue weighted by molar-refractivity contribution is 5.76. The third-order valence-electron chi connectivity index (χ3n) is 3.48. The zero-order valence-corrected chi connectivity index (χ0v) is 12.5. The van der Waals surface area contributed by atoms with Gasteiger partial charge in [0.15, 0.2) is 0 Å². The lowest BCUT2D eigenvalue weighted by atomic mass is 10.0. The first kappa shape index (κ1) is 15.7. The summed E-state index contributed by atoms with van der Waals surface area (Å²) in [4.78, 5) is 11.6. The van der Waals surface area contributed by atoms with E-state index in [9.17, 15) is 4.79 Å². The van der Waals surface area contributed by atoms with Gasteiger partial charge in [-0.25, -0.2) is 0 Å². The second kappa shape index (κ2) is 7.95. The van der Waals surface area contributed by atoms with Crippen LogP contribution in [-0.4, -0.2) is 18.5 Å². The van der Waals surface area contributed by atoms with Crippen molar-refractivity contribution < 1.29 is 4.79 Å². The van der Waals surface area contributed by atoms with Crippen LogP contribution in [0.15, 0.2) is 24.3 Å². The summed E-state index contributed by atoms with van der Waals surface area (Å²) in [5.41, 5.74) is 2.58. The number of hydrogen-bond donors (Lipinski definition) is 2. The van der Waals surface area contributed by atoms with Gasteiger partial charge in [-0.1, -0.05) is 31.2 Å². The maximum Gasteiger partial charge on any atom is 0.221 e. The quantitative estimate of drug-likeness (QED) is 0.793. The Morgan fingerprint density at radius 3 is 2.58 bits per heavy atom. The fourth-order valence-electron chi connectivity index (χ4n) is 2.03. The minimum absolute atomic E-state index is 0.124. The van der Waals surface area contributed by atoms with E-state index < -0.39 is 0 Å². The van der Waals surface area contributed by atoms with Gasteiger partial charge >= 0.3 is 0 Å². The first-order chi connectivity index (χ1) is 9.04. The number of hydrogen-bond acceptors (Lipinski definition) is 2. The van der Waals surface area contributed by atoms with E-state index in [0.717, 1.165) is 6.42 Å². The van der Waals surface area contributed by atoms with Crippen molar-refractivity contribution in [2.45, 2.75) is 52.6 Å². The van der Waals surface area contributed by atoms with Gasteiger partial charge in [0.25, 0.3) is 0 Å². The largest absolute Gasteiger partial charge is 0.354 e. The molecule has 0 radical (unpaired) electrons. The highest BCUT2D eigenvalue weighted by Crippen LogP contribution is 2.16. The van der Waals surface area contributed by atoms with Crippen molar-refractivity contribution in [3.63, 3.8) is 0 Å². The van der Waals surface area contributed by atoms with Crippen molar-refractivity contribution in [2.75, 3.05) is 6.54 Å². The highest BCUT2D eigenvalue weighted by Gasteiger charge is 2.09. The van der Waals surface area contributed by atoms with Gasteiger partial charge in [0.05, 0.1) is 0 Å². The number of nitrogens with one attached hydrogen (secondary N) is 2. The van der Waals surface area contributed by atoms with Gasteiger partial charge in [-0.2, -0.15) is 0 Å². The lowest BCUT2D eigenvalue weighted by molar-refractivity contribution is -0.121. The van der Waals surface area contributed by atoms with Gasteiger partial charge in [0.2, 0.25) is 5.91 Å². The van der Waals surface area contributed by atoms with E-state index in [1.807, 2.05) is 13.0 Å². The van der Waals surface area contributed by atoms with Crippen LogP contribution >= 0.6 is 0 Å². The molecule has 0 heterocycles. The van der Waals surface area contributed by atoms with Crippen molar-refractivity contribution in [1.29, 1.82) is 0 Å². The molecule has 1 rings (SSSR count). The predicted octanol–water partition coefficient (Wildman–Crippen LogP) is 2.95. The van der Waals surface area contributed by atoms with Crippen molar-refractivity contribution in [3.8, 4) is 0 Å². The summed E-state index contributed by atoms with van der Waals surface area (Å²) in [6.45, 7) is 9.06. The van der Waals surface area contributed by atoms with Crippen molar-refractivity contribution in [1.82, 2.24) is 10.6 Å². The van der Waals surface area contributed by atoms with Gasteiger partial charge in [-0.15, -0.1) is 0 Å². The number of aryl methyl sites for hydroxylation is 1. The van der Waals surface area contributed by atoms with Crippen molar-refractivity contribution >= 4 is 5.91 Å². The van der Waals surface area contributed by atoms with E-state index in [1.165, 1.54) is 11.1 Å². The Morgan fingerprint density at radius 1 is 1.26 bits per heavy atom. The summed E-state index contributed by atoms with van der Waals surface area (Å²) in [6, 6.07) is 8.88. The fraction of sp³-hybridized carbons (Fsp3) is 0.562. The lowest BCUT2D eigenvalue weighted by Crippen LogP contribution is -2.34. The predicted molar refractivity (Wildman–Crippen MR) is 80.1 cm³/mol. The Balaban J connectivity index is 2.33. The van der Waals surface area contributed by atoms with Crippen LogP contribution in [0.2, 0.25) is 0 Å². The van der Waals surface area contributed by atoms with E-state index in [4.69, 9.17) is 0 Å². The second-order valence-electron chi connectivity index (χ2n) is 5.16. The van der Waals surface area contributed by atoms with Crippen LogP contribution < -0.4 is 10.6 Å². The first-order valence-corrected chi connectivity index (χ1v) is 7.12. The summed E-state index contributed by atoms with van der Waals surface area (Å²) in [7, 11) is 0. The minimum Gasteiger partial charge on any atom is -0.354 e. The number of benzene rings is 1. The normalized spacial score (nSPS) is 13.9. The Bertz CT molecular complexity index is 403. The fourth-order valence-corrected chi connectivity index (χ4v) is 2.03. The standard InChI is InChI=1S/C16H26N2O/c1-5-13(3)18-16(19)10-11-17-14(4)15-9-7-6-8-12(15)2/h6-9,13-14,17H,5,10-11H2,1-4H3,(H,18,19). The topological polar surface area (TPSA) is 41.1 Å². The summed E-state index contributed by atoms with van der Waals surface area (Å²) in [6.07, 6.45) is 1.50. The van der Waals surface area contributed by atoms with Gasteiger partial charge in [-0.3, -0.25) is 4.79 Å². The van der Waals surface area contributed by atoms with Crippen LogP contribution in [0, 0.1) is 6.92 Å².